The Balaban J connectivity index is 3.68. The normalized spacial score (nSPS) is 14.2. The van der Waals surface area contributed by atoms with E-state index in [0.717, 1.165) is 0 Å². The number of rotatable bonds is 5. The minimum Gasteiger partial charge on any atom is -0.481 e. The van der Waals surface area contributed by atoms with Gasteiger partial charge in [0.2, 0.25) is 0 Å². The zero-order chi connectivity index (χ0) is 10.5. The Hall–Kier alpha value is -0.390. The molecule has 6 heteroatoms. The molecule has 0 aliphatic rings. The van der Waals surface area contributed by atoms with Gasteiger partial charge in [0.25, 0.3) is 0 Å². The van der Waals surface area contributed by atoms with Crippen molar-refractivity contribution in [2.75, 3.05) is 5.75 Å². The quantitative estimate of drug-likeness (QED) is 0.767. The number of carbonyl (C=O) groups is 1. The van der Waals surface area contributed by atoms with Gasteiger partial charge in [-0.1, -0.05) is 18.7 Å². The maximum atomic E-state index is 11.6. The number of carboxylic acids is 1. The van der Waals surface area contributed by atoms with Crippen molar-refractivity contribution in [2.24, 2.45) is 5.92 Å². The van der Waals surface area contributed by atoms with Crippen LogP contribution in [-0.4, -0.2) is 22.3 Å². The number of halogens is 3. The number of alkyl halides is 3. The number of carboxylic acid groups (broad SMARTS) is 1. The molecule has 0 aliphatic carbocycles. The number of thioether (sulfide) groups is 1. The van der Waals surface area contributed by atoms with E-state index in [4.69, 9.17) is 5.11 Å². The fraction of sp³-hybridized carbons (Fsp3) is 0.857. The molecule has 0 aromatic carbocycles. The van der Waals surface area contributed by atoms with Crippen molar-refractivity contribution >= 4 is 17.7 Å². The summed E-state index contributed by atoms with van der Waals surface area (Å²) in [7, 11) is 0. The second kappa shape index (κ2) is 5.36. The van der Waals surface area contributed by atoms with Crippen LogP contribution in [0.3, 0.4) is 0 Å². The lowest BCUT2D eigenvalue weighted by Crippen LogP contribution is -2.14. The van der Waals surface area contributed by atoms with Crippen LogP contribution in [0.25, 0.3) is 0 Å². The summed E-state index contributed by atoms with van der Waals surface area (Å²) in [5, 5.41) is 8.51. The van der Waals surface area contributed by atoms with Crippen LogP contribution in [0.1, 0.15) is 19.8 Å². The van der Waals surface area contributed by atoms with Crippen LogP contribution >= 0.6 is 11.8 Å². The zero-order valence-electron chi connectivity index (χ0n) is 7.10. The Morgan fingerprint density at radius 2 is 2.08 bits per heavy atom. The molecule has 1 N–H and O–H groups in total. The van der Waals surface area contributed by atoms with Crippen molar-refractivity contribution in [3.05, 3.63) is 0 Å². The maximum Gasteiger partial charge on any atom is 0.441 e. The predicted molar refractivity (Wildman–Crippen MR) is 44.5 cm³/mol. The third-order valence-corrected chi connectivity index (χ3v) is 2.34. The predicted octanol–water partition coefficient (Wildman–Crippen LogP) is 2.74. The molecule has 0 heterocycles. The highest BCUT2D eigenvalue weighted by molar-refractivity contribution is 8.00. The van der Waals surface area contributed by atoms with Crippen LogP contribution in [0.5, 0.6) is 0 Å². The third-order valence-electron chi connectivity index (χ3n) is 1.57. The van der Waals surface area contributed by atoms with Gasteiger partial charge in [-0.05, 0) is 12.8 Å². The first-order valence-electron chi connectivity index (χ1n) is 3.80. The average molecular weight is 216 g/mol. The van der Waals surface area contributed by atoms with Crippen LogP contribution < -0.4 is 0 Å². The molecule has 13 heavy (non-hydrogen) atoms. The molecule has 0 aromatic rings. The number of aliphatic carboxylic acids is 1. The first kappa shape index (κ1) is 12.6. The van der Waals surface area contributed by atoms with E-state index in [1.807, 2.05) is 0 Å². The Bertz CT molecular complexity index is 170. The summed E-state index contributed by atoms with van der Waals surface area (Å²) in [5.41, 5.74) is -4.25. The molecule has 0 aliphatic heterocycles. The first-order chi connectivity index (χ1) is 5.87. The van der Waals surface area contributed by atoms with Gasteiger partial charge in [0.15, 0.2) is 0 Å². The highest BCUT2D eigenvalue weighted by atomic mass is 32.2. The van der Waals surface area contributed by atoms with E-state index in [0.29, 0.717) is 6.42 Å². The van der Waals surface area contributed by atoms with Crippen LogP contribution in [0.2, 0.25) is 0 Å². The lowest BCUT2D eigenvalue weighted by atomic mass is 10.0. The van der Waals surface area contributed by atoms with Gasteiger partial charge < -0.3 is 5.11 Å². The summed E-state index contributed by atoms with van der Waals surface area (Å²) in [4.78, 5) is 10.4. The highest BCUT2D eigenvalue weighted by Crippen LogP contribution is 2.31. The van der Waals surface area contributed by atoms with Crippen LogP contribution in [0.15, 0.2) is 0 Å². The van der Waals surface area contributed by atoms with Crippen molar-refractivity contribution in [2.45, 2.75) is 25.3 Å². The summed E-state index contributed by atoms with van der Waals surface area (Å²) >= 11 is -0.169. The van der Waals surface area contributed by atoms with Gasteiger partial charge in [-0.2, -0.15) is 13.2 Å². The minimum atomic E-state index is -4.25. The molecule has 2 nitrogen and oxygen atoms in total. The fourth-order valence-corrected chi connectivity index (χ4v) is 1.45. The molecule has 1 atom stereocenters. The van der Waals surface area contributed by atoms with Gasteiger partial charge in [-0.3, -0.25) is 4.79 Å². The Morgan fingerprint density at radius 1 is 1.54 bits per heavy atom. The van der Waals surface area contributed by atoms with Gasteiger partial charge in [0.05, 0.1) is 5.92 Å². The molecule has 0 saturated carbocycles. The van der Waals surface area contributed by atoms with Gasteiger partial charge in [0.1, 0.15) is 0 Å². The molecular formula is C7H11F3O2S. The van der Waals surface area contributed by atoms with E-state index in [-0.39, 0.29) is 23.9 Å². The molecular weight excluding hydrogens is 205 g/mol. The smallest absolute Gasteiger partial charge is 0.441 e. The minimum absolute atomic E-state index is 0.0655. The van der Waals surface area contributed by atoms with E-state index in [9.17, 15) is 18.0 Å². The average Bonchev–Trinajstić information content (AvgIpc) is 1.95. The van der Waals surface area contributed by atoms with E-state index in [1.54, 1.807) is 6.92 Å². The fourth-order valence-electron chi connectivity index (χ4n) is 0.819. The van der Waals surface area contributed by atoms with E-state index in [2.05, 4.69) is 0 Å². The third kappa shape index (κ3) is 6.74. The van der Waals surface area contributed by atoms with Crippen LogP contribution in [-0.2, 0) is 4.79 Å². The Kier molecular flexibility index (Phi) is 5.20. The van der Waals surface area contributed by atoms with Gasteiger partial charge in [-0.25, -0.2) is 0 Å². The zero-order valence-corrected chi connectivity index (χ0v) is 7.91. The molecule has 78 valence electrons. The lowest BCUT2D eigenvalue weighted by molar-refractivity contribution is -0.141. The second-order valence-electron chi connectivity index (χ2n) is 2.53. The van der Waals surface area contributed by atoms with Crippen molar-refractivity contribution in [3.63, 3.8) is 0 Å². The molecule has 0 amide bonds. The van der Waals surface area contributed by atoms with E-state index >= 15 is 0 Å². The molecule has 0 bridgehead atoms. The summed E-state index contributed by atoms with van der Waals surface area (Å²) < 4.78 is 34.9. The lowest BCUT2D eigenvalue weighted by Gasteiger charge is -2.09. The molecule has 0 saturated heterocycles. The summed E-state index contributed by atoms with van der Waals surface area (Å²) in [6, 6.07) is 0. The van der Waals surface area contributed by atoms with Crippen molar-refractivity contribution in [3.8, 4) is 0 Å². The van der Waals surface area contributed by atoms with Crippen molar-refractivity contribution < 1.29 is 23.1 Å². The molecule has 0 rings (SSSR count). The van der Waals surface area contributed by atoms with Crippen molar-refractivity contribution in [1.82, 2.24) is 0 Å². The SMILES string of the molecule is CCC(CCSC(F)(F)F)C(=O)O. The standard InChI is InChI=1S/C7H11F3O2S/c1-2-5(6(11)12)3-4-13-7(8,9)10/h5H,2-4H2,1H3,(H,11,12). The monoisotopic (exact) mass is 216 g/mol. The molecule has 0 aromatic heterocycles. The molecule has 0 fully saturated rings. The second-order valence-corrected chi connectivity index (χ2v) is 3.69. The first-order valence-corrected chi connectivity index (χ1v) is 4.79. The highest BCUT2D eigenvalue weighted by Gasteiger charge is 2.28. The number of hydrogen-bond donors (Lipinski definition) is 1. The van der Waals surface area contributed by atoms with Crippen LogP contribution in [0.4, 0.5) is 13.2 Å². The van der Waals surface area contributed by atoms with E-state index in [1.165, 1.54) is 0 Å². The molecule has 1 unspecified atom stereocenters. The summed E-state index contributed by atoms with van der Waals surface area (Å²) in [6.45, 7) is 1.65. The van der Waals surface area contributed by atoms with Crippen molar-refractivity contribution in [1.29, 1.82) is 0 Å². The maximum absolute atomic E-state index is 11.6. The van der Waals surface area contributed by atoms with Crippen LogP contribution in [0, 0.1) is 5.92 Å². The summed E-state index contributed by atoms with van der Waals surface area (Å²) in [6.07, 6.45) is 0.434. The Morgan fingerprint density at radius 3 is 2.38 bits per heavy atom. The molecule has 0 spiro atoms. The van der Waals surface area contributed by atoms with Gasteiger partial charge in [0, 0.05) is 5.75 Å². The largest absolute Gasteiger partial charge is 0.481 e. The number of hydrogen-bond acceptors (Lipinski definition) is 2. The van der Waals surface area contributed by atoms with E-state index < -0.39 is 17.4 Å². The topological polar surface area (TPSA) is 37.3 Å². The van der Waals surface area contributed by atoms with Gasteiger partial charge >= 0.3 is 11.5 Å². The van der Waals surface area contributed by atoms with Gasteiger partial charge in [-0.15, -0.1) is 0 Å². The molecule has 0 radical (unpaired) electrons. The summed E-state index contributed by atoms with van der Waals surface area (Å²) in [5.74, 6) is -1.87. The Labute approximate surface area is 78.5 Å².